The number of nitrogens with zero attached hydrogens (tertiary/aromatic N) is 3. The highest BCUT2D eigenvalue weighted by atomic mass is 35.5. The molecule has 1 aliphatic heterocycles. The molecule has 0 saturated heterocycles. The molecule has 2 heterocycles. The van der Waals surface area contributed by atoms with Crippen LogP contribution in [-0.4, -0.2) is 30.3 Å². The smallest absolute Gasteiger partial charge is 0.285 e. The van der Waals surface area contributed by atoms with Crippen LogP contribution >= 0.6 is 23.4 Å². The van der Waals surface area contributed by atoms with Gasteiger partial charge in [0.25, 0.3) is 10.0 Å². The molecule has 0 N–H and O–H groups in total. The van der Waals surface area contributed by atoms with E-state index in [1.807, 2.05) is 18.2 Å². The minimum absolute atomic E-state index is 0.0941. The third kappa shape index (κ3) is 2.10. The fourth-order valence-corrected chi connectivity index (χ4v) is 5.11. The van der Waals surface area contributed by atoms with Crippen molar-refractivity contribution in [3.8, 4) is 0 Å². The number of hydrogen-bond donors (Lipinski definition) is 0. The first-order chi connectivity index (χ1) is 9.51. The average Bonchev–Trinajstić information content (AvgIpc) is 2.79. The first-order valence-corrected chi connectivity index (χ1v) is 8.73. The minimum atomic E-state index is -3.73. The number of halogens is 1. The van der Waals surface area contributed by atoms with Gasteiger partial charge in [0, 0.05) is 24.2 Å². The molecule has 0 radical (unpaired) electrons. The summed E-state index contributed by atoms with van der Waals surface area (Å²) in [5.74, 6) is 0.709. The average molecular weight is 330 g/mol. The Morgan fingerprint density at radius 2 is 2.10 bits per heavy atom. The van der Waals surface area contributed by atoms with E-state index in [0.29, 0.717) is 18.0 Å². The van der Waals surface area contributed by atoms with Crippen LogP contribution in [-0.2, 0) is 17.1 Å². The maximum atomic E-state index is 12.7. The molecule has 1 aromatic heterocycles. The van der Waals surface area contributed by atoms with Gasteiger partial charge in [-0.3, -0.25) is 4.31 Å². The number of para-hydroxylation sites is 1. The third-order valence-electron chi connectivity index (χ3n) is 3.05. The van der Waals surface area contributed by atoms with Gasteiger partial charge in [-0.2, -0.15) is 8.42 Å². The first-order valence-electron chi connectivity index (χ1n) is 5.93. The van der Waals surface area contributed by atoms with Crippen molar-refractivity contribution in [2.45, 2.75) is 9.92 Å². The van der Waals surface area contributed by atoms with Crippen molar-refractivity contribution < 1.29 is 8.42 Å². The summed E-state index contributed by atoms with van der Waals surface area (Å²) in [7, 11) is -2.07. The van der Waals surface area contributed by atoms with Gasteiger partial charge in [-0.25, -0.2) is 4.98 Å². The third-order valence-corrected chi connectivity index (χ3v) is 6.40. The van der Waals surface area contributed by atoms with E-state index < -0.39 is 10.0 Å². The summed E-state index contributed by atoms with van der Waals surface area (Å²) < 4.78 is 28.3. The lowest BCUT2D eigenvalue weighted by Gasteiger charge is -2.29. The van der Waals surface area contributed by atoms with Gasteiger partial charge in [-0.05, 0) is 12.1 Å². The Hall–Kier alpha value is -1.18. The number of aryl methyl sites for hydroxylation is 1. The molecule has 0 aliphatic carbocycles. The molecule has 5 nitrogen and oxygen atoms in total. The highest BCUT2D eigenvalue weighted by Gasteiger charge is 2.33. The number of anilines is 1. The predicted molar refractivity (Wildman–Crippen MR) is 79.9 cm³/mol. The second-order valence-corrected chi connectivity index (χ2v) is 7.62. The van der Waals surface area contributed by atoms with Gasteiger partial charge in [0.2, 0.25) is 5.03 Å². The number of rotatable bonds is 2. The van der Waals surface area contributed by atoms with Gasteiger partial charge in [-0.1, -0.05) is 23.7 Å². The number of aromatic nitrogens is 2. The van der Waals surface area contributed by atoms with E-state index in [0.717, 1.165) is 4.90 Å². The molecular formula is C12H12ClN3O2S2. The zero-order valence-corrected chi connectivity index (χ0v) is 13.0. The summed E-state index contributed by atoms with van der Waals surface area (Å²) in [6, 6.07) is 7.44. The van der Waals surface area contributed by atoms with Crippen LogP contribution in [0, 0.1) is 0 Å². The monoisotopic (exact) mass is 329 g/mol. The van der Waals surface area contributed by atoms with Crippen molar-refractivity contribution in [2.24, 2.45) is 7.05 Å². The summed E-state index contributed by atoms with van der Waals surface area (Å²) in [5, 5.41) is 0.0316. The number of imidazole rings is 1. The molecule has 1 aliphatic rings. The van der Waals surface area contributed by atoms with Crippen molar-refractivity contribution in [2.75, 3.05) is 16.6 Å². The van der Waals surface area contributed by atoms with E-state index in [1.165, 1.54) is 15.2 Å². The Morgan fingerprint density at radius 1 is 1.35 bits per heavy atom. The number of fused-ring (bicyclic) bond motifs is 1. The number of hydrogen-bond acceptors (Lipinski definition) is 4. The van der Waals surface area contributed by atoms with Crippen LogP contribution < -0.4 is 4.31 Å². The molecular weight excluding hydrogens is 318 g/mol. The fraction of sp³-hybridized carbons (Fsp3) is 0.250. The molecule has 1 aromatic carbocycles. The van der Waals surface area contributed by atoms with Gasteiger partial charge in [0.05, 0.1) is 12.0 Å². The van der Waals surface area contributed by atoms with E-state index in [1.54, 1.807) is 24.9 Å². The van der Waals surface area contributed by atoms with Crippen molar-refractivity contribution in [1.82, 2.24) is 9.55 Å². The topological polar surface area (TPSA) is 55.2 Å². The van der Waals surface area contributed by atoms with Gasteiger partial charge in [0.1, 0.15) is 5.15 Å². The summed E-state index contributed by atoms with van der Waals surface area (Å²) in [6.45, 7) is 0.414. The second-order valence-electron chi connectivity index (χ2n) is 4.34. The number of sulfonamides is 1. The van der Waals surface area contributed by atoms with Crippen LogP contribution in [0.4, 0.5) is 5.69 Å². The summed E-state index contributed by atoms with van der Waals surface area (Å²) in [6.07, 6.45) is 1.40. The van der Waals surface area contributed by atoms with Crippen LogP contribution in [0.3, 0.4) is 0 Å². The lowest BCUT2D eigenvalue weighted by molar-refractivity contribution is 0.588. The largest absolute Gasteiger partial charge is 0.324 e. The molecule has 8 heteroatoms. The van der Waals surface area contributed by atoms with E-state index in [4.69, 9.17) is 11.6 Å². The molecule has 0 saturated carbocycles. The Kier molecular flexibility index (Phi) is 3.43. The molecule has 0 spiro atoms. The number of thioether (sulfide) groups is 1. The molecule has 2 aromatic rings. The highest BCUT2D eigenvalue weighted by molar-refractivity contribution is 8.00. The van der Waals surface area contributed by atoms with E-state index in [9.17, 15) is 8.42 Å². The normalized spacial score (nSPS) is 15.2. The van der Waals surface area contributed by atoms with E-state index in [-0.39, 0.29) is 10.2 Å². The lowest BCUT2D eigenvalue weighted by Crippen LogP contribution is -2.35. The zero-order chi connectivity index (χ0) is 14.3. The van der Waals surface area contributed by atoms with Crippen molar-refractivity contribution in [3.05, 3.63) is 35.7 Å². The Bertz CT molecular complexity index is 758. The predicted octanol–water partition coefficient (Wildman–Crippen LogP) is 2.37. The fourth-order valence-electron chi connectivity index (χ4n) is 2.07. The molecule has 0 bridgehead atoms. The second kappa shape index (κ2) is 4.98. The molecule has 0 amide bonds. The minimum Gasteiger partial charge on any atom is -0.324 e. The van der Waals surface area contributed by atoms with Gasteiger partial charge < -0.3 is 4.57 Å². The molecule has 106 valence electrons. The highest BCUT2D eigenvalue weighted by Crippen LogP contribution is 2.38. The molecule has 20 heavy (non-hydrogen) atoms. The van der Waals surface area contributed by atoms with Crippen LogP contribution in [0.5, 0.6) is 0 Å². The van der Waals surface area contributed by atoms with Crippen LogP contribution in [0.25, 0.3) is 0 Å². The maximum absolute atomic E-state index is 12.7. The molecule has 3 rings (SSSR count). The summed E-state index contributed by atoms with van der Waals surface area (Å²) in [5.41, 5.74) is 0.686. The standard InChI is InChI=1S/C12H12ClN3O2S2/c1-15-8-14-12(11(15)13)20(17,18)16-6-7-19-10-5-3-2-4-9(10)16/h2-5,8H,6-7H2,1H3. The summed E-state index contributed by atoms with van der Waals surface area (Å²) >= 11 is 7.68. The van der Waals surface area contributed by atoms with Crippen LogP contribution in [0.2, 0.25) is 5.15 Å². The Morgan fingerprint density at radius 3 is 2.80 bits per heavy atom. The summed E-state index contributed by atoms with van der Waals surface area (Å²) in [4.78, 5) is 4.88. The van der Waals surface area contributed by atoms with Gasteiger partial charge in [-0.15, -0.1) is 11.8 Å². The quantitative estimate of drug-likeness (QED) is 0.849. The van der Waals surface area contributed by atoms with E-state index >= 15 is 0 Å². The Labute approximate surface area is 126 Å². The van der Waals surface area contributed by atoms with Crippen molar-refractivity contribution in [1.29, 1.82) is 0 Å². The van der Waals surface area contributed by atoms with Crippen LogP contribution in [0.15, 0.2) is 40.5 Å². The SMILES string of the molecule is Cn1cnc(S(=O)(=O)N2CCSc3ccccc32)c1Cl. The van der Waals surface area contributed by atoms with Crippen LogP contribution in [0.1, 0.15) is 0 Å². The van der Waals surface area contributed by atoms with Crippen molar-refractivity contribution in [3.63, 3.8) is 0 Å². The maximum Gasteiger partial charge on any atom is 0.285 e. The molecule has 0 atom stereocenters. The first kappa shape index (κ1) is 13.8. The van der Waals surface area contributed by atoms with Gasteiger partial charge in [0.15, 0.2) is 0 Å². The lowest BCUT2D eigenvalue weighted by atomic mass is 10.3. The van der Waals surface area contributed by atoms with Gasteiger partial charge >= 0.3 is 0 Å². The molecule has 0 fully saturated rings. The van der Waals surface area contributed by atoms with Crippen molar-refractivity contribution >= 4 is 39.1 Å². The Balaban J connectivity index is 2.12. The zero-order valence-electron chi connectivity index (χ0n) is 10.7. The molecule has 0 unspecified atom stereocenters. The van der Waals surface area contributed by atoms with E-state index in [2.05, 4.69) is 4.98 Å². The number of benzene rings is 1.